The molecule has 2 atom stereocenters. The summed E-state index contributed by atoms with van der Waals surface area (Å²) in [5.74, 6) is -0.140. The summed E-state index contributed by atoms with van der Waals surface area (Å²) in [5, 5.41) is 3.06. The van der Waals surface area contributed by atoms with E-state index in [2.05, 4.69) is 31.3 Å². The molecule has 168 valence electrons. The molecule has 0 radical (unpaired) electrons. The lowest BCUT2D eigenvalue weighted by Crippen LogP contribution is -2.42. The summed E-state index contributed by atoms with van der Waals surface area (Å²) in [6, 6.07) is 15.0. The molecule has 2 aromatic rings. The number of amides is 1. The first-order valence-electron chi connectivity index (χ1n) is 11.0. The van der Waals surface area contributed by atoms with Gasteiger partial charge in [0.05, 0.1) is 5.56 Å². The van der Waals surface area contributed by atoms with Crippen LogP contribution in [0.3, 0.4) is 0 Å². The first-order valence-corrected chi connectivity index (χ1v) is 11.0. The van der Waals surface area contributed by atoms with Crippen LogP contribution in [0, 0.1) is 11.7 Å². The largest absolute Gasteiger partial charge is 0.355 e. The Kier molecular flexibility index (Phi) is 9.38. The van der Waals surface area contributed by atoms with Crippen LogP contribution in [0.15, 0.2) is 48.5 Å². The minimum Gasteiger partial charge on any atom is -0.355 e. The van der Waals surface area contributed by atoms with Crippen LogP contribution in [-0.2, 0) is 11.2 Å². The Balaban J connectivity index is 1.99. The number of Topliss-reactive ketones (excluding diaryl/α,β-unsaturated/α-hetero) is 1. The molecule has 4 nitrogen and oxygen atoms in total. The van der Waals surface area contributed by atoms with Gasteiger partial charge in [-0.3, -0.25) is 9.59 Å². The van der Waals surface area contributed by atoms with E-state index in [0.29, 0.717) is 25.3 Å². The zero-order valence-corrected chi connectivity index (χ0v) is 19.3. The fourth-order valence-electron chi connectivity index (χ4n) is 3.75. The lowest BCUT2D eigenvalue weighted by Gasteiger charge is -2.26. The van der Waals surface area contributed by atoms with Crippen molar-refractivity contribution >= 4 is 11.7 Å². The third-order valence-electron chi connectivity index (χ3n) is 5.83. The number of rotatable bonds is 11. The van der Waals surface area contributed by atoms with Gasteiger partial charge in [0.2, 0.25) is 5.91 Å². The average molecular weight is 427 g/mol. The molecule has 0 aliphatic heterocycles. The van der Waals surface area contributed by atoms with Crippen LogP contribution in [0.25, 0.3) is 0 Å². The monoisotopic (exact) mass is 426 g/mol. The van der Waals surface area contributed by atoms with Gasteiger partial charge in [-0.15, -0.1) is 0 Å². The number of carbonyl (C=O) groups is 2. The molecule has 0 saturated heterocycles. The van der Waals surface area contributed by atoms with Gasteiger partial charge in [0.1, 0.15) is 5.82 Å². The summed E-state index contributed by atoms with van der Waals surface area (Å²) >= 11 is 0. The summed E-state index contributed by atoms with van der Waals surface area (Å²) in [5.41, 5.74) is 2.12. The van der Waals surface area contributed by atoms with Gasteiger partial charge in [0.25, 0.3) is 0 Å². The van der Waals surface area contributed by atoms with Crippen molar-refractivity contribution in [3.05, 3.63) is 71.0 Å². The number of likely N-dealkylation sites (N-methyl/N-ethyl adjacent to an activating group) is 1. The molecule has 0 bridgehead atoms. The lowest BCUT2D eigenvalue weighted by molar-refractivity contribution is -0.121. The molecule has 0 aliphatic rings. The minimum atomic E-state index is -0.478. The Morgan fingerprint density at radius 3 is 2.29 bits per heavy atom. The Morgan fingerprint density at radius 2 is 1.74 bits per heavy atom. The molecule has 2 rings (SSSR count). The van der Waals surface area contributed by atoms with E-state index >= 15 is 0 Å². The van der Waals surface area contributed by atoms with Gasteiger partial charge in [0, 0.05) is 25.4 Å². The Morgan fingerprint density at radius 1 is 1.06 bits per heavy atom. The first kappa shape index (κ1) is 24.7. The van der Waals surface area contributed by atoms with Gasteiger partial charge < -0.3 is 10.2 Å². The van der Waals surface area contributed by atoms with Crippen molar-refractivity contribution in [3.63, 3.8) is 0 Å². The maximum absolute atomic E-state index is 14.3. The maximum Gasteiger partial charge on any atom is 0.220 e. The maximum atomic E-state index is 14.3. The second-order valence-electron chi connectivity index (χ2n) is 8.68. The number of ketones is 1. The lowest BCUT2D eigenvalue weighted by atomic mass is 9.85. The number of hydrogen-bond donors (Lipinski definition) is 1. The minimum absolute atomic E-state index is 0.0180. The van der Waals surface area contributed by atoms with E-state index in [0.717, 1.165) is 5.56 Å². The molecule has 0 aromatic heterocycles. The quantitative estimate of drug-likeness (QED) is 0.523. The molecule has 0 heterocycles. The molecule has 31 heavy (non-hydrogen) atoms. The fourth-order valence-corrected chi connectivity index (χ4v) is 3.75. The van der Waals surface area contributed by atoms with E-state index in [4.69, 9.17) is 0 Å². The van der Waals surface area contributed by atoms with Crippen LogP contribution in [0.4, 0.5) is 4.39 Å². The van der Waals surface area contributed by atoms with Gasteiger partial charge in [-0.25, -0.2) is 4.39 Å². The van der Waals surface area contributed by atoms with E-state index < -0.39 is 5.82 Å². The number of halogens is 1. The highest BCUT2D eigenvalue weighted by molar-refractivity contribution is 5.96. The molecule has 0 unspecified atom stereocenters. The molecule has 5 heteroatoms. The van der Waals surface area contributed by atoms with E-state index in [1.807, 2.05) is 37.2 Å². The number of hydrogen-bond acceptors (Lipinski definition) is 3. The van der Waals surface area contributed by atoms with E-state index in [-0.39, 0.29) is 35.6 Å². The molecule has 0 saturated carbocycles. The van der Waals surface area contributed by atoms with Crippen molar-refractivity contribution in [1.29, 1.82) is 0 Å². The topological polar surface area (TPSA) is 49.4 Å². The Hall–Kier alpha value is -2.53. The third-order valence-corrected chi connectivity index (χ3v) is 5.83. The zero-order valence-electron chi connectivity index (χ0n) is 19.3. The summed E-state index contributed by atoms with van der Waals surface area (Å²) in [6.07, 6.45) is 1.30. The van der Waals surface area contributed by atoms with Crippen LogP contribution >= 0.6 is 0 Å². The summed E-state index contributed by atoms with van der Waals surface area (Å²) in [4.78, 5) is 26.5. The number of nitrogens with one attached hydrogen (secondary N) is 1. The molecule has 0 aliphatic carbocycles. The van der Waals surface area contributed by atoms with E-state index in [1.54, 1.807) is 19.1 Å². The standard InChI is InChI=1S/C26H35FN2O2/c1-6-25(30)22-13-12-19(15-24(22)27)14-21(29(4)5)17-28-26(31)16-23(18(2)3)20-10-8-7-9-11-20/h7-13,15,18,21,23H,6,14,16-17H2,1-5H3,(H,28,31)/t21-,23+/m0/s1. The van der Waals surface area contributed by atoms with Crippen LogP contribution in [-0.4, -0.2) is 43.3 Å². The first-order chi connectivity index (χ1) is 14.7. The van der Waals surface area contributed by atoms with Crippen molar-refractivity contribution in [1.82, 2.24) is 10.2 Å². The van der Waals surface area contributed by atoms with Crippen molar-refractivity contribution in [3.8, 4) is 0 Å². The fraction of sp³-hybridized carbons (Fsp3) is 0.462. The van der Waals surface area contributed by atoms with Crippen LogP contribution in [0.5, 0.6) is 0 Å². The van der Waals surface area contributed by atoms with Crippen molar-refractivity contribution in [2.45, 2.75) is 52.0 Å². The van der Waals surface area contributed by atoms with Gasteiger partial charge in [-0.05, 0) is 55.6 Å². The molecule has 0 spiro atoms. The smallest absolute Gasteiger partial charge is 0.220 e. The van der Waals surface area contributed by atoms with Gasteiger partial charge in [-0.2, -0.15) is 0 Å². The highest BCUT2D eigenvalue weighted by Gasteiger charge is 2.21. The SMILES string of the molecule is CCC(=O)c1ccc(C[C@@H](CNC(=O)C[C@@H](c2ccccc2)C(C)C)N(C)C)cc1F. The van der Waals surface area contributed by atoms with Crippen molar-refractivity contribution in [2.75, 3.05) is 20.6 Å². The van der Waals surface area contributed by atoms with Crippen molar-refractivity contribution < 1.29 is 14.0 Å². The predicted molar refractivity (Wildman–Crippen MR) is 124 cm³/mol. The van der Waals surface area contributed by atoms with Crippen LogP contribution in [0.2, 0.25) is 0 Å². The number of benzene rings is 2. The Bertz CT molecular complexity index is 865. The zero-order chi connectivity index (χ0) is 23.0. The third kappa shape index (κ3) is 7.28. The Labute approximate surface area is 185 Å². The van der Waals surface area contributed by atoms with Crippen molar-refractivity contribution in [2.24, 2.45) is 5.92 Å². The highest BCUT2D eigenvalue weighted by atomic mass is 19.1. The van der Waals surface area contributed by atoms with Gasteiger partial charge in [-0.1, -0.05) is 57.2 Å². The second-order valence-corrected chi connectivity index (χ2v) is 8.68. The summed E-state index contributed by atoms with van der Waals surface area (Å²) < 4.78 is 14.3. The molecule has 0 fully saturated rings. The second kappa shape index (κ2) is 11.8. The predicted octanol–water partition coefficient (Wildman–Crippen LogP) is 4.84. The van der Waals surface area contributed by atoms with Gasteiger partial charge in [0.15, 0.2) is 5.78 Å². The summed E-state index contributed by atoms with van der Waals surface area (Å²) in [7, 11) is 3.89. The van der Waals surface area contributed by atoms with Gasteiger partial charge >= 0.3 is 0 Å². The molecular formula is C26H35FN2O2. The molecule has 1 amide bonds. The van der Waals surface area contributed by atoms with E-state index in [9.17, 15) is 14.0 Å². The molecule has 1 N–H and O–H groups in total. The normalized spacial score (nSPS) is 13.3. The van der Waals surface area contributed by atoms with Crippen LogP contribution < -0.4 is 5.32 Å². The van der Waals surface area contributed by atoms with E-state index in [1.165, 1.54) is 11.6 Å². The molecular weight excluding hydrogens is 391 g/mol. The number of carbonyl (C=O) groups excluding carboxylic acids is 2. The van der Waals surface area contributed by atoms with Crippen LogP contribution in [0.1, 0.15) is 61.0 Å². The molecule has 2 aromatic carbocycles. The highest BCUT2D eigenvalue weighted by Crippen LogP contribution is 2.27. The summed E-state index contributed by atoms with van der Waals surface area (Å²) in [6.45, 7) is 6.47. The average Bonchev–Trinajstić information content (AvgIpc) is 2.74. The number of nitrogens with zero attached hydrogens (tertiary/aromatic N) is 1.